The van der Waals surface area contributed by atoms with Gasteiger partial charge in [0.15, 0.2) is 5.02 Å². The second-order valence-corrected chi connectivity index (χ2v) is 6.24. The van der Waals surface area contributed by atoms with E-state index in [0.29, 0.717) is 11.1 Å². The van der Waals surface area contributed by atoms with Gasteiger partial charge in [0.25, 0.3) is 0 Å². The van der Waals surface area contributed by atoms with E-state index in [1.807, 2.05) is 6.07 Å². The van der Waals surface area contributed by atoms with Gasteiger partial charge >= 0.3 is 5.97 Å². The normalized spacial score (nSPS) is 10.7. The molecule has 0 saturated carbocycles. The highest BCUT2D eigenvalue weighted by molar-refractivity contribution is 6.33. The lowest BCUT2D eigenvalue weighted by atomic mass is 10.1. The third-order valence-electron chi connectivity index (χ3n) is 3.96. The van der Waals surface area contributed by atoms with Gasteiger partial charge in [-0.05, 0) is 18.2 Å². The molecular formula is C22H16ClN3O5. The molecule has 0 atom stereocenters. The van der Waals surface area contributed by atoms with Crippen LogP contribution in [0.2, 0.25) is 5.02 Å². The summed E-state index contributed by atoms with van der Waals surface area (Å²) < 4.78 is 21.4. The molecule has 156 valence electrons. The molecule has 1 aromatic heterocycles. The van der Waals surface area contributed by atoms with Gasteiger partial charge in [-0.3, -0.25) is 0 Å². The van der Waals surface area contributed by atoms with E-state index in [9.17, 15) is 10.1 Å². The number of nitrogens with zero attached hydrogens (tertiary/aromatic N) is 3. The third-order valence-corrected chi connectivity index (χ3v) is 4.29. The van der Waals surface area contributed by atoms with Crippen LogP contribution in [0.4, 0.5) is 0 Å². The Morgan fingerprint density at radius 3 is 2.26 bits per heavy atom. The second kappa shape index (κ2) is 10.1. The van der Waals surface area contributed by atoms with Crippen molar-refractivity contribution in [2.75, 3.05) is 14.2 Å². The topological polar surface area (TPSA) is 104 Å². The number of nitriles is 1. The molecule has 0 spiro atoms. The Balaban J connectivity index is 1.97. The van der Waals surface area contributed by atoms with Crippen LogP contribution in [0.5, 0.6) is 23.3 Å². The zero-order chi connectivity index (χ0) is 22.2. The van der Waals surface area contributed by atoms with Crippen LogP contribution in [0.1, 0.15) is 11.1 Å². The summed E-state index contributed by atoms with van der Waals surface area (Å²) in [6.45, 7) is 0. The molecule has 0 aliphatic carbocycles. The fourth-order valence-electron chi connectivity index (χ4n) is 2.56. The number of para-hydroxylation sites is 2. The number of ether oxygens (including phenoxy) is 4. The SMILES string of the molecule is CO/C=C(\C(=O)OC)c1ccccc1Oc1ncnc(Oc2ccccc2C#N)c1Cl. The minimum Gasteiger partial charge on any atom is -0.503 e. The van der Waals surface area contributed by atoms with Crippen LogP contribution in [0.3, 0.4) is 0 Å². The fraction of sp³-hybridized carbons (Fsp3) is 0.0909. The summed E-state index contributed by atoms with van der Waals surface area (Å²) in [5, 5.41) is 9.22. The number of carbonyl (C=O) groups excluding carboxylic acids is 1. The highest BCUT2D eigenvalue weighted by Gasteiger charge is 2.20. The molecular weight excluding hydrogens is 422 g/mol. The molecule has 0 saturated heterocycles. The average molecular weight is 438 g/mol. The van der Waals surface area contributed by atoms with E-state index >= 15 is 0 Å². The Labute approximate surface area is 183 Å². The quantitative estimate of drug-likeness (QED) is 0.296. The van der Waals surface area contributed by atoms with Crippen LogP contribution in [-0.4, -0.2) is 30.2 Å². The molecule has 0 unspecified atom stereocenters. The standard InChI is InChI=1S/C22H16ClN3O5/c1-28-12-16(22(27)29-2)15-8-4-6-10-18(15)31-21-19(23)20(25-13-26-21)30-17-9-5-3-7-14(17)11-24/h3-10,12-13H,1-2H3/b16-12-. The molecule has 8 nitrogen and oxygen atoms in total. The van der Waals surface area contributed by atoms with Crippen molar-refractivity contribution in [2.45, 2.75) is 0 Å². The smallest absolute Gasteiger partial charge is 0.341 e. The predicted molar refractivity (Wildman–Crippen MR) is 112 cm³/mol. The van der Waals surface area contributed by atoms with E-state index in [4.69, 9.17) is 30.5 Å². The summed E-state index contributed by atoms with van der Waals surface area (Å²) in [6, 6.07) is 15.4. The van der Waals surface area contributed by atoms with Crippen molar-refractivity contribution in [1.29, 1.82) is 5.26 Å². The van der Waals surface area contributed by atoms with E-state index in [-0.39, 0.29) is 33.9 Å². The number of hydrogen-bond donors (Lipinski definition) is 0. The molecule has 31 heavy (non-hydrogen) atoms. The van der Waals surface area contributed by atoms with E-state index in [2.05, 4.69) is 9.97 Å². The summed E-state index contributed by atoms with van der Waals surface area (Å²) in [5.41, 5.74) is 0.866. The highest BCUT2D eigenvalue weighted by atomic mass is 35.5. The third kappa shape index (κ3) is 4.91. The minimum atomic E-state index is -0.608. The first kappa shape index (κ1) is 21.6. The van der Waals surface area contributed by atoms with Gasteiger partial charge < -0.3 is 18.9 Å². The van der Waals surface area contributed by atoms with E-state index in [1.54, 1.807) is 48.5 Å². The van der Waals surface area contributed by atoms with E-state index in [0.717, 1.165) is 0 Å². The van der Waals surface area contributed by atoms with Gasteiger partial charge in [0.1, 0.15) is 29.5 Å². The van der Waals surface area contributed by atoms with Gasteiger partial charge in [-0.1, -0.05) is 41.9 Å². The second-order valence-electron chi connectivity index (χ2n) is 5.87. The Kier molecular flexibility index (Phi) is 7.04. The molecule has 2 aromatic carbocycles. The molecule has 1 heterocycles. The minimum absolute atomic E-state index is 0.00446. The number of carbonyl (C=O) groups is 1. The maximum absolute atomic E-state index is 12.2. The van der Waals surface area contributed by atoms with E-state index in [1.165, 1.54) is 26.8 Å². The summed E-state index contributed by atoms with van der Waals surface area (Å²) >= 11 is 6.40. The van der Waals surface area contributed by atoms with Gasteiger partial charge in [-0.15, -0.1) is 0 Å². The Bertz CT molecular complexity index is 1170. The Morgan fingerprint density at radius 1 is 1.00 bits per heavy atom. The van der Waals surface area contributed by atoms with Crippen LogP contribution < -0.4 is 9.47 Å². The Hall–Kier alpha value is -4.09. The first-order valence-corrected chi connectivity index (χ1v) is 9.22. The lowest BCUT2D eigenvalue weighted by Crippen LogP contribution is -2.06. The number of halogens is 1. The van der Waals surface area contributed by atoms with Gasteiger partial charge in [0, 0.05) is 5.56 Å². The maximum atomic E-state index is 12.2. The zero-order valence-electron chi connectivity index (χ0n) is 16.5. The number of benzene rings is 2. The van der Waals surface area contributed by atoms with Crippen molar-refractivity contribution in [3.8, 4) is 29.3 Å². The van der Waals surface area contributed by atoms with Gasteiger partial charge in [0.05, 0.1) is 26.0 Å². The molecule has 3 aromatic rings. The first-order chi connectivity index (χ1) is 15.1. The molecule has 9 heteroatoms. The highest BCUT2D eigenvalue weighted by Crippen LogP contribution is 2.38. The van der Waals surface area contributed by atoms with Crippen LogP contribution in [0, 0.1) is 11.3 Å². The van der Waals surface area contributed by atoms with Crippen LogP contribution >= 0.6 is 11.6 Å². The van der Waals surface area contributed by atoms with Crippen LogP contribution in [0.15, 0.2) is 61.1 Å². The van der Waals surface area contributed by atoms with Crippen molar-refractivity contribution in [3.05, 3.63) is 77.3 Å². The van der Waals surface area contributed by atoms with Crippen LogP contribution in [0.25, 0.3) is 5.57 Å². The van der Waals surface area contributed by atoms with Crippen LogP contribution in [-0.2, 0) is 14.3 Å². The van der Waals surface area contributed by atoms with Gasteiger partial charge in [-0.2, -0.15) is 15.2 Å². The maximum Gasteiger partial charge on any atom is 0.341 e. The molecule has 3 rings (SSSR count). The van der Waals surface area contributed by atoms with Gasteiger partial charge in [-0.25, -0.2) is 4.79 Å². The van der Waals surface area contributed by atoms with Gasteiger partial charge in [0.2, 0.25) is 11.8 Å². The predicted octanol–water partition coefficient (Wildman–Crippen LogP) is 4.75. The molecule has 0 fully saturated rings. The van der Waals surface area contributed by atoms with Crippen molar-refractivity contribution >= 4 is 23.1 Å². The van der Waals surface area contributed by atoms with E-state index < -0.39 is 5.97 Å². The summed E-state index contributed by atoms with van der Waals surface area (Å²) in [4.78, 5) is 20.2. The Morgan fingerprint density at radius 2 is 1.61 bits per heavy atom. The number of hydrogen-bond acceptors (Lipinski definition) is 8. The monoisotopic (exact) mass is 437 g/mol. The molecule has 0 amide bonds. The summed E-state index contributed by atoms with van der Waals surface area (Å²) in [5.74, 6) is -0.0420. The van der Waals surface area contributed by atoms with Crippen molar-refractivity contribution in [3.63, 3.8) is 0 Å². The van der Waals surface area contributed by atoms with Crippen molar-refractivity contribution in [1.82, 2.24) is 9.97 Å². The zero-order valence-corrected chi connectivity index (χ0v) is 17.3. The number of esters is 1. The molecule has 0 bridgehead atoms. The van der Waals surface area contributed by atoms with Crippen molar-refractivity contribution in [2.24, 2.45) is 0 Å². The van der Waals surface area contributed by atoms with Crippen molar-refractivity contribution < 1.29 is 23.7 Å². The first-order valence-electron chi connectivity index (χ1n) is 8.85. The largest absolute Gasteiger partial charge is 0.503 e. The molecule has 0 aliphatic heterocycles. The average Bonchev–Trinajstić information content (AvgIpc) is 2.80. The molecule has 0 aliphatic rings. The number of aromatic nitrogens is 2. The molecule has 0 radical (unpaired) electrons. The summed E-state index contributed by atoms with van der Waals surface area (Å²) in [6.07, 6.45) is 2.46. The number of methoxy groups -OCH3 is 2. The molecule has 0 N–H and O–H groups in total. The lowest BCUT2D eigenvalue weighted by molar-refractivity contribution is -0.133. The number of rotatable bonds is 7. The fourth-order valence-corrected chi connectivity index (χ4v) is 2.74. The summed E-state index contributed by atoms with van der Waals surface area (Å²) in [7, 11) is 2.68. The lowest BCUT2D eigenvalue weighted by Gasteiger charge is -2.14.